The fourth-order valence-corrected chi connectivity index (χ4v) is 5.92. The number of rotatable bonds is 5. The second-order valence-corrected chi connectivity index (χ2v) is 12.3. The van der Waals surface area contributed by atoms with Gasteiger partial charge in [-0.15, -0.1) is 0 Å². The fourth-order valence-electron chi connectivity index (χ4n) is 4.34. The summed E-state index contributed by atoms with van der Waals surface area (Å²) in [4.78, 5) is 17.0. The molecule has 1 amide bonds. The molecule has 0 spiro atoms. The van der Waals surface area contributed by atoms with Crippen molar-refractivity contribution in [1.29, 1.82) is 0 Å². The average Bonchev–Trinajstić information content (AvgIpc) is 3.36. The van der Waals surface area contributed by atoms with Crippen LogP contribution in [0.2, 0.25) is 0 Å². The first-order valence-corrected chi connectivity index (χ1v) is 13.5. The first-order chi connectivity index (χ1) is 17.0. The summed E-state index contributed by atoms with van der Waals surface area (Å²) >= 11 is 0. The third-order valence-electron chi connectivity index (χ3n) is 6.15. The standard InChI is InChI=1S/C27H28N4O4S/c1-17-9-18(10-26(32)30-21-13-29-31(14-21)27(2,3)4)5-6-24(17)35-25-7-8-28-23-12-20-16-36(33,34)15-19(20)11-22(23)25/h5-9,11-14H,10,15-16H2,1-4H3,(H,30,32). The summed E-state index contributed by atoms with van der Waals surface area (Å²) in [6, 6.07) is 11.1. The van der Waals surface area contributed by atoms with E-state index in [-0.39, 0.29) is 29.4 Å². The van der Waals surface area contributed by atoms with Gasteiger partial charge in [-0.1, -0.05) is 12.1 Å². The van der Waals surface area contributed by atoms with Crippen molar-refractivity contribution < 1.29 is 17.9 Å². The number of ether oxygens (including phenoxy) is 1. The number of aryl methyl sites for hydroxylation is 1. The molecular formula is C27H28N4O4S. The first-order valence-electron chi connectivity index (χ1n) is 11.7. The Bertz CT molecular complexity index is 1600. The molecule has 1 aliphatic heterocycles. The maximum Gasteiger partial charge on any atom is 0.228 e. The molecule has 0 atom stereocenters. The lowest BCUT2D eigenvalue weighted by atomic mass is 10.1. The number of hydrogen-bond donors (Lipinski definition) is 1. The number of fused-ring (bicyclic) bond motifs is 2. The Morgan fingerprint density at radius 3 is 2.53 bits per heavy atom. The van der Waals surface area contributed by atoms with Crippen LogP contribution in [-0.4, -0.2) is 29.1 Å². The predicted molar refractivity (Wildman–Crippen MR) is 139 cm³/mol. The second-order valence-electron chi connectivity index (χ2n) is 10.3. The highest BCUT2D eigenvalue weighted by Crippen LogP contribution is 2.35. The average molecular weight is 505 g/mol. The molecule has 36 heavy (non-hydrogen) atoms. The number of aromatic nitrogens is 3. The van der Waals surface area contributed by atoms with Crippen molar-refractivity contribution >= 4 is 32.3 Å². The second kappa shape index (κ2) is 8.74. The molecule has 0 saturated heterocycles. The van der Waals surface area contributed by atoms with E-state index in [1.807, 2.05) is 68.9 Å². The third-order valence-corrected chi connectivity index (χ3v) is 7.65. The minimum atomic E-state index is -3.11. The minimum Gasteiger partial charge on any atom is -0.456 e. The van der Waals surface area contributed by atoms with Gasteiger partial charge in [-0.25, -0.2) is 8.42 Å². The molecule has 3 heterocycles. The van der Waals surface area contributed by atoms with Gasteiger partial charge in [0.2, 0.25) is 5.91 Å². The van der Waals surface area contributed by atoms with Crippen LogP contribution in [0, 0.1) is 6.92 Å². The highest BCUT2D eigenvalue weighted by atomic mass is 32.2. The molecule has 2 aromatic carbocycles. The van der Waals surface area contributed by atoms with Crippen molar-refractivity contribution in [3.63, 3.8) is 0 Å². The fraction of sp³-hybridized carbons (Fsp3) is 0.296. The lowest BCUT2D eigenvalue weighted by Crippen LogP contribution is -2.22. The first kappa shape index (κ1) is 24.0. The van der Waals surface area contributed by atoms with E-state index in [2.05, 4.69) is 15.4 Å². The number of carbonyl (C=O) groups excluding carboxylic acids is 1. The van der Waals surface area contributed by atoms with Crippen LogP contribution in [0.15, 0.2) is 55.0 Å². The Kier molecular flexibility index (Phi) is 5.83. The lowest BCUT2D eigenvalue weighted by Gasteiger charge is -2.18. The van der Waals surface area contributed by atoms with Gasteiger partial charge >= 0.3 is 0 Å². The molecule has 9 heteroatoms. The zero-order valence-electron chi connectivity index (χ0n) is 20.7. The molecule has 186 valence electrons. The third kappa shape index (κ3) is 4.97. The number of carbonyl (C=O) groups is 1. The Hall–Kier alpha value is -3.72. The minimum absolute atomic E-state index is 0.0411. The molecule has 4 aromatic rings. The molecule has 0 radical (unpaired) electrons. The number of benzene rings is 2. The van der Waals surface area contributed by atoms with Crippen molar-refractivity contribution in [3.8, 4) is 11.5 Å². The van der Waals surface area contributed by atoms with Crippen molar-refractivity contribution in [2.75, 3.05) is 5.32 Å². The van der Waals surface area contributed by atoms with E-state index in [0.717, 1.165) is 27.6 Å². The van der Waals surface area contributed by atoms with Crippen LogP contribution in [0.5, 0.6) is 11.5 Å². The van der Waals surface area contributed by atoms with Gasteiger partial charge in [0.25, 0.3) is 0 Å². The van der Waals surface area contributed by atoms with E-state index in [0.29, 0.717) is 22.7 Å². The maximum atomic E-state index is 12.6. The van der Waals surface area contributed by atoms with Crippen LogP contribution >= 0.6 is 0 Å². The summed E-state index contributed by atoms with van der Waals surface area (Å²) < 4.78 is 32.1. The molecule has 0 fully saturated rings. The van der Waals surface area contributed by atoms with Gasteiger partial charge in [-0.2, -0.15) is 5.10 Å². The zero-order valence-corrected chi connectivity index (χ0v) is 21.5. The molecule has 0 bridgehead atoms. The highest BCUT2D eigenvalue weighted by Gasteiger charge is 2.26. The smallest absolute Gasteiger partial charge is 0.228 e. The number of pyridine rings is 1. The summed E-state index contributed by atoms with van der Waals surface area (Å²) in [6.45, 7) is 8.06. The molecule has 0 saturated carbocycles. The van der Waals surface area contributed by atoms with E-state index >= 15 is 0 Å². The molecule has 1 N–H and O–H groups in total. The molecule has 1 aliphatic rings. The number of anilines is 1. The van der Waals surface area contributed by atoms with Crippen LogP contribution in [0.25, 0.3) is 10.9 Å². The molecule has 0 aliphatic carbocycles. The Morgan fingerprint density at radius 2 is 1.83 bits per heavy atom. The lowest BCUT2D eigenvalue weighted by molar-refractivity contribution is -0.115. The van der Waals surface area contributed by atoms with Gasteiger partial charge in [0, 0.05) is 17.8 Å². The van der Waals surface area contributed by atoms with Crippen LogP contribution in [-0.2, 0) is 38.1 Å². The Labute approximate surface area is 210 Å². The predicted octanol–water partition coefficient (Wildman–Crippen LogP) is 4.90. The normalized spacial score (nSPS) is 14.6. The van der Waals surface area contributed by atoms with Gasteiger partial charge in [0.05, 0.1) is 40.9 Å². The van der Waals surface area contributed by atoms with E-state index < -0.39 is 9.84 Å². The monoisotopic (exact) mass is 504 g/mol. The van der Waals surface area contributed by atoms with Gasteiger partial charge in [0.15, 0.2) is 9.84 Å². The number of amides is 1. The summed E-state index contributed by atoms with van der Waals surface area (Å²) in [5, 5.41) is 7.98. The maximum absolute atomic E-state index is 12.6. The zero-order chi connectivity index (χ0) is 25.7. The Morgan fingerprint density at radius 1 is 1.08 bits per heavy atom. The molecule has 8 nitrogen and oxygen atoms in total. The van der Waals surface area contributed by atoms with Crippen LogP contribution in [0.3, 0.4) is 0 Å². The highest BCUT2D eigenvalue weighted by molar-refractivity contribution is 7.90. The van der Waals surface area contributed by atoms with Crippen molar-refractivity contribution in [2.24, 2.45) is 0 Å². The van der Waals surface area contributed by atoms with E-state index in [1.165, 1.54) is 0 Å². The van der Waals surface area contributed by atoms with Gasteiger partial charge in [0.1, 0.15) is 11.5 Å². The summed E-state index contributed by atoms with van der Waals surface area (Å²) in [5.74, 6) is 1.24. The number of hydrogen-bond acceptors (Lipinski definition) is 6. The van der Waals surface area contributed by atoms with Crippen molar-refractivity contribution in [2.45, 2.75) is 51.2 Å². The topological polar surface area (TPSA) is 103 Å². The largest absolute Gasteiger partial charge is 0.456 e. The van der Waals surface area contributed by atoms with Crippen LogP contribution < -0.4 is 10.1 Å². The van der Waals surface area contributed by atoms with Gasteiger partial charge in [-0.3, -0.25) is 14.5 Å². The summed E-state index contributed by atoms with van der Waals surface area (Å²) in [5.41, 5.74) is 4.55. The SMILES string of the molecule is Cc1cc(CC(=O)Nc2cnn(C(C)(C)C)c2)ccc1Oc1ccnc2cc3c(cc12)CS(=O)(=O)C3. The van der Waals surface area contributed by atoms with E-state index in [4.69, 9.17) is 4.74 Å². The van der Waals surface area contributed by atoms with Crippen LogP contribution in [0.4, 0.5) is 5.69 Å². The number of nitrogens with zero attached hydrogens (tertiary/aromatic N) is 3. The van der Waals surface area contributed by atoms with E-state index in [9.17, 15) is 13.2 Å². The van der Waals surface area contributed by atoms with Crippen molar-refractivity contribution in [3.05, 3.63) is 77.2 Å². The van der Waals surface area contributed by atoms with Gasteiger partial charge < -0.3 is 10.1 Å². The van der Waals surface area contributed by atoms with Crippen molar-refractivity contribution in [1.82, 2.24) is 14.8 Å². The summed E-state index contributed by atoms with van der Waals surface area (Å²) in [7, 11) is -3.11. The van der Waals surface area contributed by atoms with Crippen LogP contribution in [0.1, 0.15) is 43.0 Å². The number of sulfone groups is 1. The number of nitrogens with one attached hydrogen (secondary N) is 1. The quantitative estimate of drug-likeness (QED) is 0.415. The molecule has 2 aromatic heterocycles. The molecule has 0 unspecified atom stereocenters. The van der Waals surface area contributed by atoms with E-state index in [1.54, 1.807) is 18.5 Å². The molecular weight excluding hydrogens is 476 g/mol. The van der Waals surface area contributed by atoms with Gasteiger partial charge in [-0.05, 0) is 74.2 Å². The molecule has 5 rings (SSSR count). The Balaban J connectivity index is 1.31. The summed E-state index contributed by atoms with van der Waals surface area (Å²) in [6.07, 6.45) is 5.35.